The molecule has 0 amide bonds. The van der Waals surface area contributed by atoms with Crippen molar-refractivity contribution in [2.45, 2.75) is 50.7 Å². The molecule has 2 fully saturated rings. The molecule has 0 bridgehead atoms. The normalized spacial score (nSPS) is 40.9. The molecule has 20 heavy (non-hydrogen) atoms. The molecule has 4 nitrogen and oxygen atoms in total. The van der Waals surface area contributed by atoms with Gasteiger partial charge >= 0.3 is 5.97 Å². The second-order valence-electron chi connectivity index (χ2n) is 6.46. The summed E-state index contributed by atoms with van der Waals surface area (Å²) in [6.07, 6.45) is 2.71. The number of fused-ring (bicyclic) bond motifs is 1. The van der Waals surface area contributed by atoms with E-state index in [9.17, 15) is 15.0 Å². The number of ether oxygens (including phenoxy) is 1. The van der Waals surface area contributed by atoms with Crippen LogP contribution in [0, 0.1) is 11.3 Å². The molecule has 0 heterocycles. The van der Waals surface area contributed by atoms with E-state index in [1.54, 1.807) is 0 Å². The van der Waals surface area contributed by atoms with Crippen molar-refractivity contribution >= 4 is 5.97 Å². The molecular weight excluding hydrogens is 256 g/mol. The van der Waals surface area contributed by atoms with Gasteiger partial charge < -0.3 is 14.9 Å². The van der Waals surface area contributed by atoms with Crippen LogP contribution in [0.2, 0.25) is 0 Å². The zero-order valence-corrected chi connectivity index (χ0v) is 12.3. The molecule has 112 valence electrons. The van der Waals surface area contributed by atoms with Crippen molar-refractivity contribution < 1.29 is 19.7 Å². The maximum absolute atomic E-state index is 11.6. The van der Waals surface area contributed by atoms with Gasteiger partial charge in [0, 0.05) is 11.0 Å². The fraction of sp³-hybridized carbons (Fsp3) is 0.688. The topological polar surface area (TPSA) is 66.8 Å². The molecule has 0 spiro atoms. The highest BCUT2D eigenvalue weighted by atomic mass is 16.5. The van der Waals surface area contributed by atoms with Crippen molar-refractivity contribution in [2.75, 3.05) is 7.11 Å². The van der Waals surface area contributed by atoms with E-state index in [4.69, 9.17) is 4.74 Å². The summed E-state index contributed by atoms with van der Waals surface area (Å²) in [5.74, 6) is -0.549. The van der Waals surface area contributed by atoms with Gasteiger partial charge in [0.25, 0.3) is 0 Å². The lowest BCUT2D eigenvalue weighted by molar-refractivity contribution is -0.140. The van der Waals surface area contributed by atoms with Crippen molar-refractivity contribution in [1.29, 1.82) is 0 Å². The summed E-state index contributed by atoms with van der Waals surface area (Å²) in [6.45, 7) is 9.76. The Labute approximate surface area is 120 Å². The van der Waals surface area contributed by atoms with E-state index in [0.29, 0.717) is 24.0 Å². The van der Waals surface area contributed by atoms with Crippen LogP contribution in [0.25, 0.3) is 0 Å². The van der Waals surface area contributed by atoms with E-state index >= 15 is 0 Å². The summed E-state index contributed by atoms with van der Waals surface area (Å²) in [5, 5.41) is 21.1. The van der Waals surface area contributed by atoms with Gasteiger partial charge in [0.15, 0.2) is 0 Å². The zero-order chi connectivity index (χ0) is 15.1. The van der Waals surface area contributed by atoms with Crippen LogP contribution in [-0.4, -0.2) is 35.0 Å². The fourth-order valence-corrected chi connectivity index (χ4v) is 3.76. The highest BCUT2D eigenvalue weighted by Gasteiger charge is 2.56. The summed E-state index contributed by atoms with van der Waals surface area (Å²) in [5.41, 5.74) is -0.537. The zero-order valence-electron chi connectivity index (χ0n) is 12.3. The first-order valence-electron chi connectivity index (χ1n) is 7.12. The van der Waals surface area contributed by atoms with Crippen LogP contribution >= 0.6 is 0 Å². The Hall–Kier alpha value is -1.13. The first-order valence-corrected chi connectivity index (χ1v) is 7.12. The summed E-state index contributed by atoms with van der Waals surface area (Å²) in [4.78, 5) is 11.6. The number of aliphatic hydroxyl groups excluding tert-OH is 1. The summed E-state index contributed by atoms with van der Waals surface area (Å²) < 4.78 is 4.72. The Morgan fingerprint density at radius 1 is 1.40 bits per heavy atom. The third kappa shape index (κ3) is 2.11. The number of esters is 1. The molecule has 2 aliphatic carbocycles. The fourth-order valence-electron chi connectivity index (χ4n) is 3.76. The lowest BCUT2D eigenvalue weighted by Crippen LogP contribution is -2.57. The maximum atomic E-state index is 11.6. The summed E-state index contributed by atoms with van der Waals surface area (Å²) in [7, 11) is 1.33. The number of rotatable bonds is 2. The van der Waals surface area contributed by atoms with Crippen LogP contribution in [0.1, 0.15) is 39.0 Å². The Balaban J connectivity index is 2.26. The lowest BCUT2D eigenvalue weighted by atomic mass is 9.53. The van der Waals surface area contributed by atoms with E-state index < -0.39 is 17.7 Å². The minimum absolute atomic E-state index is 0.123. The lowest BCUT2D eigenvalue weighted by Gasteiger charge is -2.56. The maximum Gasteiger partial charge on any atom is 0.333 e. The predicted octanol–water partition coefficient (Wildman–Crippen LogP) is 1.96. The average molecular weight is 280 g/mol. The first-order chi connectivity index (χ1) is 9.25. The summed E-state index contributed by atoms with van der Waals surface area (Å²) in [6, 6.07) is 0. The van der Waals surface area contributed by atoms with Crippen LogP contribution in [0.5, 0.6) is 0 Å². The Kier molecular flexibility index (Phi) is 3.82. The van der Waals surface area contributed by atoms with Crippen LogP contribution in [0.3, 0.4) is 0 Å². The quantitative estimate of drug-likeness (QED) is 0.461. The molecule has 0 unspecified atom stereocenters. The highest BCUT2D eigenvalue weighted by Crippen LogP contribution is 2.56. The number of aliphatic hydroxyl groups is 2. The standard InChI is InChI=1S/C16H24O4/c1-10(14(18)20-4)12-5-7-15(3)8-6-13(17)11(2)16(15,19)9-12/h12-13,17,19H,1-2,5-9H2,3-4H3/t12-,13+,15+,16-/m1/s1. The predicted molar refractivity (Wildman–Crippen MR) is 75.9 cm³/mol. The molecule has 2 aliphatic rings. The van der Waals surface area contributed by atoms with Gasteiger partial charge in [-0.1, -0.05) is 20.1 Å². The number of hydrogen-bond acceptors (Lipinski definition) is 4. The molecule has 0 aromatic heterocycles. The molecular formula is C16H24O4. The van der Waals surface area contributed by atoms with Crippen molar-refractivity contribution in [1.82, 2.24) is 0 Å². The van der Waals surface area contributed by atoms with E-state index in [0.717, 1.165) is 19.3 Å². The van der Waals surface area contributed by atoms with E-state index in [2.05, 4.69) is 13.2 Å². The first kappa shape index (κ1) is 15.3. The van der Waals surface area contributed by atoms with Gasteiger partial charge in [0.1, 0.15) is 0 Å². The molecule has 0 aromatic carbocycles. The van der Waals surface area contributed by atoms with Crippen molar-refractivity contribution in [3.63, 3.8) is 0 Å². The Morgan fingerprint density at radius 3 is 2.60 bits per heavy atom. The molecule has 0 radical (unpaired) electrons. The second kappa shape index (κ2) is 5.01. The van der Waals surface area contributed by atoms with Gasteiger partial charge in [-0.05, 0) is 43.6 Å². The number of methoxy groups -OCH3 is 1. The van der Waals surface area contributed by atoms with Crippen molar-refractivity contribution in [3.8, 4) is 0 Å². The smallest absolute Gasteiger partial charge is 0.333 e. The SMILES string of the molecule is C=C(C(=O)OC)[C@@H]1CC[C@@]2(C)CC[C@H](O)C(=C)[C@]2(O)C1. The molecule has 0 saturated heterocycles. The third-order valence-electron chi connectivity index (χ3n) is 5.43. The van der Waals surface area contributed by atoms with Crippen molar-refractivity contribution in [3.05, 3.63) is 24.3 Å². The van der Waals surface area contributed by atoms with Gasteiger partial charge in [0.2, 0.25) is 0 Å². The number of carbonyl (C=O) groups is 1. The van der Waals surface area contributed by atoms with Crippen LogP contribution in [-0.2, 0) is 9.53 Å². The van der Waals surface area contributed by atoms with Gasteiger partial charge in [-0.2, -0.15) is 0 Å². The van der Waals surface area contributed by atoms with Gasteiger partial charge in [-0.15, -0.1) is 0 Å². The second-order valence-corrected chi connectivity index (χ2v) is 6.46. The summed E-state index contributed by atoms with van der Waals surface area (Å²) >= 11 is 0. The van der Waals surface area contributed by atoms with E-state index in [1.807, 2.05) is 6.92 Å². The largest absolute Gasteiger partial charge is 0.466 e. The monoisotopic (exact) mass is 280 g/mol. The Bertz CT molecular complexity index is 455. The average Bonchev–Trinajstić information content (AvgIpc) is 2.44. The molecule has 4 atom stereocenters. The Morgan fingerprint density at radius 2 is 2.00 bits per heavy atom. The molecule has 4 heteroatoms. The minimum atomic E-state index is -1.13. The van der Waals surface area contributed by atoms with E-state index in [-0.39, 0.29) is 11.3 Å². The third-order valence-corrected chi connectivity index (χ3v) is 5.43. The molecule has 0 aliphatic heterocycles. The van der Waals surface area contributed by atoms with E-state index in [1.165, 1.54) is 7.11 Å². The molecule has 0 aromatic rings. The van der Waals surface area contributed by atoms with Crippen LogP contribution in [0.4, 0.5) is 0 Å². The van der Waals surface area contributed by atoms with Crippen LogP contribution < -0.4 is 0 Å². The van der Waals surface area contributed by atoms with Crippen molar-refractivity contribution in [2.24, 2.45) is 11.3 Å². The highest BCUT2D eigenvalue weighted by molar-refractivity contribution is 5.88. The molecule has 2 N–H and O–H groups in total. The van der Waals surface area contributed by atoms with Crippen LogP contribution in [0.15, 0.2) is 24.3 Å². The number of hydrogen-bond donors (Lipinski definition) is 2. The van der Waals surface area contributed by atoms with Gasteiger partial charge in [-0.25, -0.2) is 4.79 Å². The molecule has 2 saturated carbocycles. The van der Waals surface area contributed by atoms with Gasteiger partial charge in [-0.3, -0.25) is 0 Å². The minimum Gasteiger partial charge on any atom is -0.466 e. The molecule has 2 rings (SSSR count). The van der Waals surface area contributed by atoms with Gasteiger partial charge in [0.05, 0.1) is 18.8 Å². The number of carbonyl (C=O) groups excluding carboxylic acids is 1.